The molecule has 0 heterocycles. The van der Waals surface area contributed by atoms with Crippen LogP contribution in [0.2, 0.25) is 0 Å². The van der Waals surface area contributed by atoms with Gasteiger partial charge in [0.05, 0.1) is 27.4 Å². The van der Waals surface area contributed by atoms with Crippen molar-refractivity contribution in [3.8, 4) is 17.2 Å². The van der Waals surface area contributed by atoms with Crippen molar-refractivity contribution in [2.75, 3.05) is 21.3 Å². The number of nitrogens with one attached hydrogen (secondary N) is 1. The van der Waals surface area contributed by atoms with Crippen molar-refractivity contribution in [3.05, 3.63) is 65.7 Å². The molecule has 0 saturated heterocycles. The molecule has 0 aliphatic carbocycles. The summed E-state index contributed by atoms with van der Waals surface area (Å²) in [5.74, 6) is 1.20. The summed E-state index contributed by atoms with van der Waals surface area (Å²) in [5, 5.41) is 15.2. The van der Waals surface area contributed by atoms with E-state index in [1.54, 1.807) is 38.5 Å². The third kappa shape index (κ3) is 3.60. The Labute approximate surface area is 157 Å². The second-order valence-electron chi connectivity index (χ2n) is 5.90. The molecule has 1 unspecified atom stereocenters. The first-order chi connectivity index (χ1) is 13.1. The number of amides is 1. The largest absolute Gasteiger partial charge is 0.508 e. The number of ether oxygens (including phenoxy) is 3. The van der Waals surface area contributed by atoms with Crippen LogP contribution in [0.25, 0.3) is 10.8 Å². The van der Waals surface area contributed by atoms with Crippen LogP contribution in [0, 0.1) is 0 Å². The summed E-state index contributed by atoms with van der Waals surface area (Å²) in [5.41, 5.74) is 1.18. The lowest BCUT2D eigenvalue weighted by Crippen LogP contribution is -2.29. The Hall–Kier alpha value is -3.41. The molecule has 0 aliphatic heterocycles. The maximum Gasteiger partial charge on any atom is 0.407 e. The molecule has 2 N–H and O–H groups in total. The molecule has 3 aromatic carbocycles. The van der Waals surface area contributed by atoms with Gasteiger partial charge in [-0.15, -0.1) is 0 Å². The molecule has 0 saturated carbocycles. The van der Waals surface area contributed by atoms with Gasteiger partial charge >= 0.3 is 6.09 Å². The van der Waals surface area contributed by atoms with E-state index < -0.39 is 12.1 Å². The van der Waals surface area contributed by atoms with Crippen LogP contribution in [-0.2, 0) is 4.74 Å². The van der Waals surface area contributed by atoms with E-state index >= 15 is 0 Å². The number of rotatable bonds is 5. The zero-order valence-corrected chi connectivity index (χ0v) is 15.4. The van der Waals surface area contributed by atoms with Gasteiger partial charge in [0.25, 0.3) is 0 Å². The Kier molecular flexibility index (Phi) is 5.35. The molecular weight excluding hydrogens is 346 g/mol. The van der Waals surface area contributed by atoms with Crippen LogP contribution < -0.4 is 14.8 Å². The maximum absolute atomic E-state index is 12.1. The van der Waals surface area contributed by atoms with E-state index in [0.717, 1.165) is 10.8 Å². The molecule has 1 amide bonds. The Bertz CT molecular complexity index is 970. The average molecular weight is 367 g/mol. The number of phenols is 1. The first-order valence-electron chi connectivity index (χ1n) is 8.36. The second kappa shape index (κ2) is 7.86. The summed E-state index contributed by atoms with van der Waals surface area (Å²) < 4.78 is 15.6. The first kappa shape index (κ1) is 18.4. The molecule has 140 valence electrons. The minimum Gasteiger partial charge on any atom is -0.508 e. The summed E-state index contributed by atoms with van der Waals surface area (Å²) in [6, 6.07) is 15.6. The number of carbonyl (C=O) groups is 1. The predicted molar refractivity (Wildman–Crippen MR) is 103 cm³/mol. The molecule has 0 aliphatic rings. The van der Waals surface area contributed by atoms with E-state index in [-0.39, 0.29) is 5.75 Å². The van der Waals surface area contributed by atoms with Crippen molar-refractivity contribution in [2.45, 2.75) is 6.04 Å². The van der Waals surface area contributed by atoms with Crippen molar-refractivity contribution in [3.63, 3.8) is 0 Å². The minimum atomic E-state index is -0.714. The molecule has 0 radical (unpaired) electrons. The van der Waals surface area contributed by atoms with Crippen LogP contribution in [0.15, 0.2) is 54.6 Å². The summed E-state index contributed by atoms with van der Waals surface area (Å²) >= 11 is 0. The Balaban J connectivity index is 2.28. The van der Waals surface area contributed by atoms with Crippen molar-refractivity contribution in [1.29, 1.82) is 0 Å². The van der Waals surface area contributed by atoms with Crippen molar-refractivity contribution in [2.24, 2.45) is 0 Å². The fourth-order valence-corrected chi connectivity index (χ4v) is 3.13. The summed E-state index contributed by atoms with van der Waals surface area (Å²) in [6.07, 6.45) is -0.628. The van der Waals surface area contributed by atoms with E-state index in [1.165, 1.54) is 7.11 Å². The van der Waals surface area contributed by atoms with Gasteiger partial charge in [-0.05, 0) is 35.0 Å². The van der Waals surface area contributed by atoms with E-state index in [4.69, 9.17) is 14.2 Å². The molecule has 6 nitrogen and oxygen atoms in total. The maximum atomic E-state index is 12.1. The van der Waals surface area contributed by atoms with Crippen molar-refractivity contribution in [1.82, 2.24) is 5.32 Å². The number of aromatic hydroxyl groups is 1. The van der Waals surface area contributed by atoms with Crippen LogP contribution >= 0.6 is 0 Å². The number of benzene rings is 3. The minimum absolute atomic E-state index is 0.0555. The van der Waals surface area contributed by atoms with Crippen molar-refractivity contribution < 1.29 is 24.1 Å². The Morgan fingerprint density at radius 3 is 2.48 bits per heavy atom. The van der Waals surface area contributed by atoms with E-state index in [1.807, 2.05) is 30.3 Å². The highest BCUT2D eigenvalue weighted by Gasteiger charge is 2.26. The van der Waals surface area contributed by atoms with Crippen LogP contribution in [0.4, 0.5) is 4.79 Å². The van der Waals surface area contributed by atoms with E-state index in [2.05, 4.69) is 5.32 Å². The quantitative estimate of drug-likeness (QED) is 0.713. The molecule has 0 fully saturated rings. The van der Waals surface area contributed by atoms with Gasteiger partial charge in [0, 0.05) is 11.1 Å². The summed E-state index contributed by atoms with van der Waals surface area (Å²) in [7, 11) is 4.39. The highest BCUT2D eigenvalue weighted by atomic mass is 16.5. The Morgan fingerprint density at radius 1 is 1.00 bits per heavy atom. The van der Waals surface area contributed by atoms with Gasteiger partial charge in [0.1, 0.15) is 17.2 Å². The molecule has 1 atom stereocenters. The van der Waals surface area contributed by atoms with Gasteiger partial charge in [-0.1, -0.05) is 30.3 Å². The van der Waals surface area contributed by atoms with E-state index in [9.17, 15) is 9.90 Å². The lowest BCUT2D eigenvalue weighted by atomic mass is 9.92. The zero-order valence-electron chi connectivity index (χ0n) is 15.4. The summed E-state index contributed by atoms with van der Waals surface area (Å²) in [6.45, 7) is 0. The number of methoxy groups -OCH3 is 3. The fourth-order valence-electron chi connectivity index (χ4n) is 3.13. The number of alkyl carbamates (subject to hydrolysis) is 1. The van der Waals surface area contributed by atoms with Crippen LogP contribution in [0.5, 0.6) is 17.2 Å². The molecule has 6 heteroatoms. The zero-order chi connectivity index (χ0) is 19.4. The first-order valence-corrected chi connectivity index (χ1v) is 8.36. The monoisotopic (exact) mass is 367 g/mol. The SMILES string of the molecule is COC(=O)NC(c1cc(OC)ccc1OC)c1c(O)ccc2ccccc12. The topological polar surface area (TPSA) is 77.0 Å². The molecule has 3 rings (SSSR count). The third-order valence-electron chi connectivity index (χ3n) is 4.43. The molecule has 0 aromatic heterocycles. The van der Waals surface area contributed by atoms with Crippen LogP contribution in [0.3, 0.4) is 0 Å². The molecule has 0 bridgehead atoms. The molecular formula is C21H21NO5. The van der Waals surface area contributed by atoms with Gasteiger partial charge in [0.2, 0.25) is 0 Å². The lowest BCUT2D eigenvalue weighted by molar-refractivity contribution is 0.168. The fraction of sp³-hybridized carbons (Fsp3) is 0.190. The molecule has 0 spiro atoms. The normalized spacial score (nSPS) is 11.7. The second-order valence-corrected chi connectivity index (χ2v) is 5.90. The smallest absolute Gasteiger partial charge is 0.407 e. The molecule has 27 heavy (non-hydrogen) atoms. The third-order valence-corrected chi connectivity index (χ3v) is 4.43. The number of fused-ring (bicyclic) bond motifs is 1. The number of hydrogen-bond donors (Lipinski definition) is 2. The highest BCUT2D eigenvalue weighted by Crippen LogP contribution is 2.40. The van der Waals surface area contributed by atoms with Crippen molar-refractivity contribution >= 4 is 16.9 Å². The highest BCUT2D eigenvalue weighted by molar-refractivity contribution is 5.89. The average Bonchev–Trinajstić information content (AvgIpc) is 2.71. The number of hydrogen-bond acceptors (Lipinski definition) is 5. The Morgan fingerprint density at radius 2 is 1.78 bits per heavy atom. The van der Waals surface area contributed by atoms with Gasteiger partial charge in [-0.3, -0.25) is 0 Å². The van der Waals surface area contributed by atoms with Gasteiger partial charge < -0.3 is 24.6 Å². The van der Waals surface area contributed by atoms with Crippen LogP contribution in [0.1, 0.15) is 17.2 Å². The van der Waals surface area contributed by atoms with E-state index in [0.29, 0.717) is 22.6 Å². The summed E-state index contributed by atoms with van der Waals surface area (Å²) in [4.78, 5) is 12.1. The number of carbonyl (C=O) groups excluding carboxylic acids is 1. The standard InChI is InChI=1S/C21H21NO5/c1-25-14-9-11-18(26-2)16(12-14)20(22-21(24)27-3)19-15-7-5-4-6-13(15)8-10-17(19)23/h4-12,20,23H,1-3H3,(H,22,24). The van der Waals surface area contributed by atoms with Gasteiger partial charge in [-0.25, -0.2) is 4.79 Å². The molecule has 3 aromatic rings. The lowest BCUT2D eigenvalue weighted by Gasteiger charge is -2.24. The van der Waals surface area contributed by atoms with Gasteiger partial charge in [0.15, 0.2) is 0 Å². The predicted octanol–water partition coefficient (Wildman–Crippen LogP) is 4.01. The van der Waals surface area contributed by atoms with Gasteiger partial charge in [-0.2, -0.15) is 0 Å². The number of phenolic OH excluding ortho intramolecular Hbond substituents is 1. The van der Waals surface area contributed by atoms with Crippen LogP contribution in [-0.4, -0.2) is 32.5 Å².